The molecule has 24 heavy (non-hydrogen) atoms. The molecule has 0 spiro atoms. The quantitative estimate of drug-likeness (QED) is 0.424. The molecular weight excluding hydrogens is 306 g/mol. The molecule has 0 aliphatic heterocycles. The van der Waals surface area contributed by atoms with E-state index < -0.39 is 5.97 Å². The SMILES string of the molecule is COC(=O)COc1cc(CC=NOCc2ccccc2)ccc1C. The second-order valence-electron chi connectivity index (χ2n) is 5.22. The zero-order valence-electron chi connectivity index (χ0n) is 13.9. The van der Waals surface area contributed by atoms with Crippen LogP contribution in [0, 0.1) is 6.92 Å². The first kappa shape index (κ1) is 17.5. The second-order valence-corrected chi connectivity index (χ2v) is 5.22. The molecular formula is C19H21NO4. The fourth-order valence-electron chi connectivity index (χ4n) is 2.00. The molecule has 0 fully saturated rings. The minimum Gasteiger partial charge on any atom is -0.482 e. The summed E-state index contributed by atoms with van der Waals surface area (Å²) >= 11 is 0. The van der Waals surface area contributed by atoms with E-state index in [0.717, 1.165) is 16.7 Å². The number of carbonyl (C=O) groups is 1. The second kappa shape index (κ2) is 9.35. The smallest absolute Gasteiger partial charge is 0.343 e. The van der Waals surface area contributed by atoms with Gasteiger partial charge in [0.2, 0.25) is 0 Å². The summed E-state index contributed by atoms with van der Waals surface area (Å²) in [6.07, 6.45) is 2.32. The maximum absolute atomic E-state index is 11.2. The van der Waals surface area contributed by atoms with Gasteiger partial charge in [-0.25, -0.2) is 4.79 Å². The molecule has 0 radical (unpaired) electrons. The molecule has 0 bridgehead atoms. The maximum atomic E-state index is 11.2. The number of benzene rings is 2. The summed E-state index contributed by atoms with van der Waals surface area (Å²) in [7, 11) is 1.33. The third-order valence-corrected chi connectivity index (χ3v) is 3.38. The van der Waals surface area contributed by atoms with Gasteiger partial charge in [0, 0.05) is 12.6 Å². The van der Waals surface area contributed by atoms with Gasteiger partial charge in [-0.3, -0.25) is 0 Å². The van der Waals surface area contributed by atoms with E-state index in [1.54, 1.807) is 6.21 Å². The fraction of sp³-hybridized carbons (Fsp3) is 0.263. The molecule has 5 nitrogen and oxygen atoms in total. The van der Waals surface area contributed by atoms with Gasteiger partial charge in [0.25, 0.3) is 0 Å². The van der Waals surface area contributed by atoms with Crippen molar-refractivity contribution in [3.8, 4) is 5.75 Å². The molecule has 126 valence electrons. The van der Waals surface area contributed by atoms with Crippen molar-refractivity contribution in [1.29, 1.82) is 0 Å². The third-order valence-electron chi connectivity index (χ3n) is 3.38. The highest BCUT2D eigenvalue weighted by atomic mass is 16.6. The van der Waals surface area contributed by atoms with E-state index in [4.69, 9.17) is 9.57 Å². The summed E-state index contributed by atoms with van der Waals surface area (Å²) < 4.78 is 10.0. The lowest BCUT2D eigenvalue weighted by molar-refractivity contribution is -0.142. The van der Waals surface area contributed by atoms with Crippen molar-refractivity contribution < 1.29 is 19.1 Å². The van der Waals surface area contributed by atoms with Crippen LogP contribution in [0.3, 0.4) is 0 Å². The zero-order chi connectivity index (χ0) is 17.2. The van der Waals surface area contributed by atoms with Crippen LogP contribution >= 0.6 is 0 Å². The van der Waals surface area contributed by atoms with E-state index >= 15 is 0 Å². The molecule has 0 amide bonds. The number of nitrogens with zero attached hydrogens (tertiary/aromatic N) is 1. The lowest BCUT2D eigenvalue weighted by atomic mass is 10.1. The Kier molecular flexibility index (Phi) is 6.83. The van der Waals surface area contributed by atoms with Crippen LogP contribution in [0.15, 0.2) is 53.7 Å². The number of ether oxygens (including phenoxy) is 2. The van der Waals surface area contributed by atoms with Crippen molar-refractivity contribution in [2.75, 3.05) is 13.7 Å². The Morgan fingerprint density at radius 3 is 2.67 bits per heavy atom. The first-order chi connectivity index (χ1) is 11.7. The van der Waals surface area contributed by atoms with Crippen LogP contribution in [0.5, 0.6) is 5.75 Å². The molecule has 5 heteroatoms. The summed E-state index contributed by atoms with van der Waals surface area (Å²) in [5, 5.41) is 3.96. The third kappa shape index (κ3) is 5.76. The van der Waals surface area contributed by atoms with Crippen molar-refractivity contribution in [1.82, 2.24) is 0 Å². The van der Waals surface area contributed by atoms with Crippen LogP contribution in [-0.2, 0) is 27.4 Å². The molecule has 0 aliphatic rings. The number of oxime groups is 1. The average molecular weight is 327 g/mol. The lowest BCUT2D eigenvalue weighted by Gasteiger charge is -2.09. The molecule has 0 saturated carbocycles. The molecule has 2 aromatic carbocycles. The monoisotopic (exact) mass is 327 g/mol. The van der Waals surface area contributed by atoms with Crippen molar-refractivity contribution in [2.24, 2.45) is 5.16 Å². The number of carbonyl (C=O) groups excluding carboxylic acids is 1. The lowest BCUT2D eigenvalue weighted by Crippen LogP contribution is -2.13. The predicted molar refractivity (Wildman–Crippen MR) is 92.1 cm³/mol. The van der Waals surface area contributed by atoms with Gasteiger partial charge in [-0.2, -0.15) is 0 Å². The molecule has 0 aromatic heterocycles. The van der Waals surface area contributed by atoms with Gasteiger partial charge in [0.05, 0.1) is 7.11 Å². The van der Waals surface area contributed by atoms with E-state index in [2.05, 4.69) is 9.89 Å². The fourth-order valence-corrected chi connectivity index (χ4v) is 2.00. The molecule has 0 atom stereocenters. The number of rotatable bonds is 8. The van der Waals surface area contributed by atoms with Crippen LogP contribution in [0.1, 0.15) is 16.7 Å². The van der Waals surface area contributed by atoms with Gasteiger partial charge in [-0.05, 0) is 29.7 Å². The van der Waals surface area contributed by atoms with Gasteiger partial charge in [0.15, 0.2) is 6.61 Å². The molecule has 0 unspecified atom stereocenters. The Morgan fingerprint density at radius 1 is 1.12 bits per heavy atom. The van der Waals surface area contributed by atoms with Gasteiger partial charge in [0.1, 0.15) is 12.4 Å². The molecule has 0 aliphatic carbocycles. The number of hydrogen-bond acceptors (Lipinski definition) is 5. The van der Waals surface area contributed by atoms with Gasteiger partial charge < -0.3 is 14.3 Å². The van der Waals surface area contributed by atoms with E-state index in [0.29, 0.717) is 18.8 Å². The molecule has 0 saturated heterocycles. The average Bonchev–Trinajstić information content (AvgIpc) is 2.62. The first-order valence-corrected chi connectivity index (χ1v) is 7.66. The molecule has 0 N–H and O–H groups in total. The molecule has 0 heterocycles. The normalized spacial score (nSPS) is 10.6. The summed E-state index contributed by atoms with van der Waals surface area (Å²) in [5.41, 5.74) is 3.05. The first-order valence-electron chi connectivity index (χ1n) is 7.66. The number of methoxy groups -OCH3 is 1. The van der Waals surface area contributed by atoms with Crippen LogP contribution in [0.4, 0.5) is 0 Å². The summed E-state index contributed by atoms with van der Waals surface area (Å²) in [5.74, 6) is 0.257. The van der Waals surface area contributed by atoms with E-state index in [-0.39, 0.29) is 6.61 Å². The Balaban J connectivity index is 1.83. The van der Waals surface area contributed by atoms with E-state index in [1.807, 2.05) is 55.5 Å². The maximum Gasteiger partial charge on any atom is 0.343 e. The highest BCUT2D eigenvalue weighted by Gasteiger charge is 2.05. The Hall–Kier alpha value is -2.82. The van der Waals surface area contributed by atoms with Gasteiger partial charge in [-0.1, -0.05) is 47.6 Å². The molecule has 2 aromatic rings. The standard InChI is InChI=1S/C19H21NO4/c1-15-8-9-16(12-18(15)23-14-19(21)22-2)10-11-20-24-13-17-6-4-3-5-7-17/h3-9,11-12H,10,13-14H2,1-2H3. The van der Waals surface area contributed by atoms with E-state index in [1.165, 1.54) is 7.11 Å². The van der Waals surface area contributed by atoms with Crippen LogP contribution in [-0.4, -0.2) is 25.9 Å². The predicted octanol–water partition coefficient (Wildman–Crippen LogP) is 3.29. The summed E-state index contributed by atoms with van der Waals surface area (Å²) in [4.78, 5) is 16.4. The number of esters is 1. The van der Waals surface area contributed by atoms with Gasteiger partial charge >= 0.3 is 5.97 Å². The Labute approximate surface area is 141 Å². The van der Waals surface area contributed by atoms with Gasteiger partial charge in [-0.15, -0.1) is 0 Å². The minimum atomic E-state index is -0.407. The van der Waals surface area contributed by atoms with Crippen molar-refractivity contribution in [2.45, 2.75) is 20.0 Å². The zero-order valence-corrected chi connectivity index (χ0v) is 13.9. The minimum absolute atomic E-state index is 0.102. The summed E-state index contributed by atoms with van der Waals surface area (Å²) in [6, 6.07) is 15.7. The van der Waals surface area contributed by atoms with Crippen molar-refractivity contribution in [3.05, 3.63) is 65.2 Å². The van der Waals surface area contributed by atoms with Crippen LogP contribution in [0.25, 0.3) is 0 Å². The Bertz CT molecular complexity index is 683. The van der Waals surface area contributed by atoms with Crippen LogP contribution < -0.4 is 4.74 Å². The Morgan fingerprint density at radius 2 is 1.92 bits per heavy atom. The topological polar surface area (TPSA) is 57.1 Å². The van der Waals surface area contributed by atoms with Crippen molar-refractivity contribution >= 4 is 12.2 Å². The highest BCUT2D eigenvalue weighted by molar-refractivity contribution is 5.71. The largest absolute Gasteiger partial charge is 0.482 e. The number of hydrogen-bond donors (Lipinski definition) is 0. The van der Waals surface area contributed by atoms with Crippen molar-refractivity contribution in [3.63, 3.8) is 0 Å². The molecule has 2 rings (SSSR count). The number of aryl methyl sites for hydroxylation is 1. The van der Waals surface area contributed by atoms with E-state index in [9.17, 15) is 4.79 Å². The van der Waals surface area contributed by atoms with Crippen LogP contribution in [0.2, 0.25) is 0 Å². The highest BCUT2D eigenvalue weighted by Crippen LogP contribution is 2.19. The summed E-state index contributed by atoms with van der Waals surface area (Å²) in [6.45, 7) is 2.27.